The molecule has 0 unspecified atom stereocenters. The first-order valence-electron chi connectivity index (χ1n) is 25.2. The average Bonchev–Trinajstić information content (AvgIpc) is 3.15. The third kappa shape index (κ3) is 48.7. The van der Waals surface area contributed by atoms with Crippen molar-refractivity contribution in [1.82, 2.24) is 5.32 Å². The van der Waals surface area contributed by atoms with Gasteiger partial charge in [0, 0.05) is 70.3 Å². The van der Waals surface area contributed by atoms with E-state index in [1.54, 1.807) is 11.4 Å². The first-order chi connectivity index (χ1) is 30.4. The third-order valence-electron chi connectivity index (χ3n) is 11.5. The van der Waals surface area contributed by atoms with Gasteiger partial charge in [0.1, 0.15) is 13.1 Å². The van der Waals surface area contributed by atoms with Gasteiger partial charge in [-0.2, -0.15) is 4.57 Å². The van der Waals surface area contributed by atoms with E-state index in [4.69, 9.17) is 0 Å². The van der Waals surface area contributed by atoms with Crippen LogP contribution >= 0.6 is 15.6 Å². The summed E-state index contributed by atoms with van der Waals surface area (Å²) in [5, 5.41) is 3.78. The van der Waals surface area contributed by atoms with Crippen LogP contribution in [0, 0.1) is 27.7 Å². The molecule has 394 valence electrons. The number of rotatable bonds is 35. The predicted octanol–water partition coefficient (Wildman–Crippen LogP) is 20.2. The molecule has 17 heteroatoms. The molecule has 0 amide bonds. The molecule has 1 N–H and O–H groups in total. The Morgan fingerprint density at radius 3 is 0.909 bits per heavy atom. The second kappa shape index (κ2) is 30.1. The summed E-state index contributed by atoms with van der Waals surface area (Å²) in [4.78, 5) is 0. The van der Waals surface area contributed by atoms with Gasteiger partial charge >= 0.3 is 66.0 Å². The number of nitrogens with zero attached hydrogens (tertiary/aromatic N) is 2. The maximum absolute atomic E-state index is 10.7. The molecule has 0 spiro atoms. The van der Waals surface area contributed by atoms with Gasteiger partial charge in [-0.25, -0.2) is 4.57 Å². The molecule has 0 aliphatic heterocycles. The maximum atomic E-state index is 9.87. The topological polar surface area (TPSA) is 19.8 Å². The number of aromatic nitrogens is 2. The zero-order chi connectivity index (χ0) is 50.3. The van der Waals surface area contributed by atoms with Gasteiger partial charge in [-0.05, 0) is 50.8 Å². The van der Waals surface area contributed by atoms with Gasteiger partial charge in [0.15, 0.2) is 22.8 Å². The molecule has 0 bridgehead atoms. The number of nitrogens with one attached hydrogen (secondary N) is 1. The van der Waals surface area contributed by atoms with E-state index in [0.717, 1.165) is 26.2 Å². The zero-order valence-electron chi connectivity index (χ0n) is 41.5. The van der Waals surface area contributed by atoms with Crippen LogP contribution in [0.5, 0.6) is 0 Å². The molecule has 0 saturated carbocycles. The van der Waals surface area contributed by atoms with Gasteiger partial charge in [0.2, 0.25) is 0 Å². The molecule has 2 aromatic heterocycles. The minimum atomic E-state index is -10.7. The molecule has 0 aliphatic rings. The van der Waals surface area contributed by atoms with E-state index in [2.05, 4.69) is 80.3 Å². The van der Waals surface area contributed by atoms with Crippen LogP contribution in [0.1, 0.15) is 221 Å². The molecule has 66 heavy (non-hydrogen) atoms. The van der Waals surface area contributed by atoms with Crippen molar-refractivity contribution >= 4 is 15.6 Å². The summed E-state index contributed by atoms with van der Waals surface area (Å²) in [6, 6.07) is 9.66. The van der Waals surface area contributed by atoms with Crippen molar-refractivity contribution in [1.29, 1.82) is 0 Å². The summed E-state index contributed by atoms with van der Waals surface area (Å²) in [6.07, 6.45) is 40.2. The van der Waals surface area contributed by atoms with Crippen LogP contribution in [-0.4, -0.2) is 13.1 Å². The summed E-state index contributed by atoms with van der Waals surface area (Å²) >= 11 is 0. The molecule has 3 nitrogen and oxygen atoms in total. The van der Waals surface area contributed by atoms with Crippen LogP contribution in [0.25, 0.3) is 0 Å². The van der Waals surface area contributed by atoms with Crippen molar-refractivity contribution in [2.75, 3.05) is 13.1 Å². The molecule has 2 heterocycles. The Hall–Kier alpha value is -1.72. The van der Waals surface area contributed by atoms with Crippen LogP contribution < -0.4 is 14.5 Å². The quantitative estimate of drug-likeness (QED) is 0.0316. The van der Waals surface area contributed by atoms with Crippen molar-refractivity contribution in [3.63, 3.8) is 0 Å². The van der Waals surface area contributed by atoms with Gasteiger partial charge < -0.3 is 5.32 Å². The van der Waals surface area contributed by atoms with Crippen molar-refractivity contribution in [2.24, 2.45) is 0 Å². The predicted molar refractivity (Wildman–Crippen MR) is 256 cm³/mol. The van der Waals surface area contributed by atoms with Crippen LogP contribution in [0.15, 0.2) is 24.3 Å². The Morgan fingerprint density at radius 2 is 0.606 bits per heavy atom. The number of aryl methyl sites for hydroxylation is 6. The molecular weight excluding hydrogens is 920 g/mol. The molecular formula is C49H89F12N3P2. The molecule has 2 rings (SSSR count). The summed E-state index contributed by atoms with van der Waals surface area (Å²) in [7, 11) is -21.3. The molecule has 0 radical (unpaired) electrons. The number of pyridine rings is 2. The van der Waals surface area contributed by atoms with Crippen LogP contribution in [-0.2, 0) is 25.9 Å². The van der Waals surface area contributed by atoms with Gasteiger partial charge in [-0.15, -0.1) is 0 Å². The fraction of sp³-hybridized carbons (Fsp3) is 0.796. The number of unbranched alkanes of at least 4 members (excludes halogenated alkanes) is 23. The standard InChI is InChI=1S/C49H89N3.2F6P/c1-7-9-11-13-15-17-19-21-23-25-27-29-34-48-42-44(3)40-46(5)51(48)38-32-31-36-50-37-33-39-52-47(6)41-45(4)43-49(52)35-30-28-26-24-22-20-18-16-14-12-10-8-2;2*1-7(2,3,4,5)6/h40-43,50H,7-39H2,1-6H3;;/q+2;2*-1. The van der Waals surface area contributed by atoms with E-state index in [1.807, 2.05) is 0 Å². The molecule has 0 fully saturated rings. The summed E-state index contributed by atoms with van der Waals surface area (Å²) < 4.78 is 124. The number of hydrogen-bond acceptors (Lipinski definition) is 1. The Kier molecular flexibility index (Phi) is 29.3. The Morgan fingerprint density at radius 1 is 0.348 bits per heavy atom. The second-order valence-electron chi connectivity index (χ2n) is 18.6. The molecule has 0 aliphatic carbocycles. The number of hydrogen-bond donors (Lipinski definition) is 1. The van der Waals surface area contributed by atoms with E-state index in [1.165, 1.54) is 209 Å². The summed E-state index contributed by atoms with van der Waals surface area (Å²) in [6.45, 7) is 18.3. The number of halogens is 12. The molecule has 2 aromatic rings. The fourth-order valence-corrected chi connectivity index (χ4v) is 8.39. The SMILES string of the molecule is CCCCCCCCCCCCCCc1cc(C)cc(C)[n+]1CCCCNCCC[n+]1c(C)cc(C)cc1CCCCCCCCCCCCCC.F[P-](F)(F)(F)(F)F.F[P-](F)(F)(F)(F)F. The summed E-state index contributed by atoms with van der Waals surface area (Å²) in [5.74, 6) is 0. The third-order valence-corrected chi connectivity index (χ3v) is 11.5. The van der Waals surface area contributed by atoms with E-state index in [9.17, 15) is 50.4 Å². The Balaban J connectivity index is 0.00000259. The van der Waals surface area contributed by atoms with E-state index >= 15 is 0 Å². The summed E-state index contributed by atoms with van der Waals surface area (Å²) in [5.41, 5.74) is 8.81. The first-order valence-corrected chi connectivity index (χ1v) is 29.2. The normalized spacial score (nSPS) is 14.0. The van der Waals surface area contributed by atoms with Gasteiger partial charge in [0.05, 0.1) is 0 Å². The zero-order valence-corrected chi connectivity index (χ0v) is 43.3. The van der Waals surface area contributed by atoms with Crippen molar-refractivity contribution in [3.8, 4) is 0 Å². The first kappa shape index (κ1) is 64.3. The monoisotopic (exact) mass is 1010 g/mol. The van der Waals surface area contributed by atoms with Crippen molar-refractivity contribution < 1.29 is 59.5 Å². The van der Waals surface area contributed by atoms with Crippen LogP contribution in [0.4, 0.5) is 50.4 Å². The van der Waals surface area contributed by atoms with E-state index in [-0.39, 0.29) is 0 Å². The Bertz CT molecular complexity index is 1450. The minimum absolute atomic E-state index is 1.11. The van der Waals surface area contributed by atoms with Crippen molar-refractivity contribution in [2.45, 2.75) is 241 Å². The van der Waals surface area contributed by atoms with Crippen LogP contribution in [0.3, 0.4) is 0 Å². The Labute approximate surface area is 391 Å². The van der Waals surface area contributed by atoms with Gasteiger partial charge in [0.25, 0.3) is 0 Å². The molecule has 0 saturated heterocycles. The van der Waals surface area contributed by atoms with Crippen molar-refractivity contribution in [3.05, 3.63) is 58.2 Å². The van der Waals surface area contributed by atoms with Crippen LogP contribution in [0.2, 0.25) is 0 Å². The second-order valence-corrected chi connectivity index (χ2v) is 22.5. The van der Waals surface area contributed by atoms with Gasteiger partial charge in [-0.3, -0.25) is 0 Å². The average molecular weight is 1010 g/mol. The van der Waals surface area contributed by atoms with E-state index in [0.29, 0.717) is 0 Å². The molecule has 0 atom stereocenters. The molecule has 0 aromatic carbocycles. The fourth-order valence-electron chi connectivity index (χ4n) is 8.39. The van der Waals surface area contributed by atoms with Gasteiger partial charge in [-0.1, -0.05) is 155 Å². The van der Waals surface area contributed by atoms with E-state index < -0.39 is 15.6 Å².